The summed E-state index contributed by atoms with van der Waals surface area (Å²) >= 11 is 1.48. The van der Waals surface area contributed by atoms with Gasteiger partial charge in [0.2, 0.25) is 0 Å². The number of carboxylic acids is 1. The van der Waals surface area contributed by atoms with Gasteiger partial charge in [-0.1, -0.05) is 12.1 Å². The molecule has 0 aliphatic heterocycles. The first-order valence-electron chi connectivity index (χ1n) is 7.45. The second kappa shape index (κ2) is 6.72. The Hall–Kier alpha value is -2.86. The molecule has 122 valence electrons. The van der Waals surface area contributed by atoms with Crippen LogP contribution in [-0.4, -0.2) is 20.7 Å². The summed E-state index contributed by atoms with van der Waals surface area (Å²) in [6.07, 6.45) is 0. The lowest BCUT2D eigenvalue weighted by molar-refractivity contribution is 0.0697. The molecule has 1 aromatic heterocycles. The zero-order valence-corrected chi connectivity index (χ0v) is 13.8. The van der Waals surface area contributed by atoms with Gasteiger partial charge in [-0.05, 0) is 43.3 Å². The van der Waals surface area contributed by atoms with Gasteiger partial charge < -0.3 is 14.8 Å². The van der Waals surface area contributed by atoms with Crippen molar-refractivity contribution in [2.75, 3.05) is 0 Å². The van der Waals surface area contributed by atoms with E-state index in [4.69, 9.17) is 5.11 Å². The molecule has 0 radical (unpaired) electrons. The molecular weight excluding hydrogens is 324 g/mol. The Morgan fingerprint density at radius 1 is 1.17 bits per heavy atom. The summed E-state index contributed by atoms with van der Waals surface area (Å²) in [5.41, 5.74) is 2.59. The first kappa shape index (κ1) is 16.0. The van der Waals surface area contributed by atoms with Crippen LogP contribution in [0.1, 0.15) is 17.3 Å². The standard InChI is InChI=1S/C18H16N2O3S/c1-2-20-15(14-5-3-4-6-16(14)21)11-24-18(20)19-13-9-7-12(8-10-13)17(22)23/h3-11,21H,2H2,1H3,(H,22,23)/b19-18-. The minimum absolute atomic E-state index is 0.231. The van der Waals surface area contributed by atoms with Gasteiger partial charge in [-0.15, -0.1) is 11.3 Å². The van der Waals surface area contributed by atoms with Gasteiger partial charge in [0.1, 0.15) is 5.75 Å². The molecule has 0 amide bonds. The van der Waals surface area contributed by atoms with E-state index in [1.165, 1.54) is 23.5 Å². The van der Waals surface area contributed by atoms with Crippen molar-refractivity contribution >= 4 is 23.0 Å². The van der Waals surface area contributed by atoms with Gasteiger partial charge in [-0.25, -0.2) is 9.79 Å². The van der Waals surface area contributed by atoms with Crippen molar-refractivity contribution in [1.29, 1.82) is 0 Å². The molecule has 24 heavy (non-hydrogen) atoms. The molecule has 5 nitrogen and oxygen atoms in total. The maximum atomic E-state index is 10.9. The van der Waals surface area contributed by atoms with Crippen LogP contribution in [0.15, 0.2) is 58.9 Å². The summed E-state index contributed by atoms with van der Waals surface area (Å²) in [6.45, 7) is 2.72. The number of para-hydroxylation sites is 1. The van der Waals surface area contributed by atoms with Crippen molar-refractivity contribution in [3.63, 3.8) is 0 Å². The number of aromatic carboxylic acids is 1. The van der Waals surface area contributed by atoms with E-state index in [-0.39, 0.29) is 11.3 Å². The quantitative estimate of drug-likeness (QED) is 0.757. The molecule has 0 aliphatic rings. The Morgan fingerprint density at radius 2 is 1.88 bits per heavy atom. The third-order valence-corrected chi connectivity index (χ3v) is 4.50. The molecule has 3 aromatic rings. The highest BCUT2D eigenvalue weighted by Gasteiger charge is 2.10. The Bertz CT molecular complexity index is 939. The van der Waals surface area contributed by atoms with Gasteiger partial charge in [0.25, 0.3) is 0 Å². The first-order valence-corrected chi connectivity index (χ1v) is 8.33. The van der Waals surface area contributed by atoms with E-state index >= 15 is 0 Å². The summed E-state index contributed by atoms with van der Waals surface area (Å²) in [5.74, 6) is -0.724. The van der Waals surface area contributed by atoms with Gasteiger partial charge in [0.15, 0.2) is 4.80 Å². The molecule has 0 saturated heterocycles. The van der Waals surface area contributed by atoms with Crippen LogP contribution >= 0.6 is 11.3 Å². The number of hydrogen-bond donors (Lipinski definition) is 2. The summed E-state index contributed by atoms with van der Waals surface area (Å²) in [5, 5.41) is 21.0. The molecule has 0 unspecified atom stereocenters. The zero-order chi connectivity index (χ0) is 17.1. The smallest absolute Gasteiger partial charge is 0.335 e. The van der Waals surface area contributed by atoms with Crippen molar-refractivity contribution in [3.8, 4) is 17.0 Å². The summed E-state index contributed by atoms with van der Waals surface area (Å²) in [6, 6.07) is 13.6. The number of aromatic nitrogens is 1. The number of nitrogens with zero attached hydrogens (tertiary/aromatic N) is 2. The molecule has 3 rings (SSSR count). The Kier molecular flexibility index (Phi) is 4.48. The van der Waals surface area contributed by atoms with Crippen LogP contribution in [0.4, 0.5) is 5.69 Å². The minimum Gasteiger partial charge on any atom is -0.507 e. The number of carboxylic acid groups (broad SMARTS) is 1. The Balaban J connectivity index is 2.06. The lowest BCUT2D eigenvalue weighted by atomic mass is 10.1. The van der Waals surface area contributed by atoms with E-state index in [1.54, 1.807) is 24.3 Å². The van der Waals surface area contributed by atoms with Gasteiger partial charge in [-0.3, -0.25) is 0 Å². The number of hydrogen-bond acceptors (Lipinski definition) is 4. The van der Waals surface area contributed by atoms with Gasteiger partial charge in [0, 0.05) is 17.5 Å². The lowest BCUT2D eigenvalue weighted by Gasteiger charge is -2.07. The predicted molar refractivity (Wildman–Crippen MR) is 93.7 cm³/mol. The van der Waals surface area contributed by atoms with Crippen LogP contribution in [-0.2, 0) is 6.54 Å². The molecule has 0 saturated carbocycles. The van der Waals surface area contributed by atoms with Crippen LogP contribution in [0.3, 0.4) is 0 Å². The second-order valence-corrected chi connectivity index (χ2v) is 5.97. The average molecular weight is 340 g/mol. The van der Waals surface area contributed by atoms with Crippen LogP contribution in [0.2, 0.25) is 0 Å². The maximum absolute atomic E-state index is 10.9. The molecule has 0 aliphatic carbocycles. The van der Waals surface area contributed by atoms with Crippen LogP contribution < -0.4 is 4.80 Å². The fourth-order valence-corrected chi connectivity index (χ4v) is 3.40. The van der Waals surface area contributed by atoms with Gasteiger partial charge in [0.05, 0.1) is 16.9 Å². The van der Waals surface area contributed by atoms with Crippen LogP contribution in [0.25, 0.3) is 11.3 Å². The van der Waals surface area contributed by atoms with Crippen molar-refractivity contribution in [1.82, 2.24) is 4.57 Å². The fourth-order valence-electron chi connectivity index (χ4n) is 2.42. The molecular formula is C18H16N2O3S. The van der Waals surface area contributed by atoms with Gasteiger partial charge >= 0.3 is 5.97 Å². The number of aromatic hydroxyl groups is 1. The normalized spacial score (nSPS) is 11.6. The molecule has 6 heteroatoms. The highest BCUT2D eigenvalue weighted by Crippen LogP contribution is 2.29. The van der Waals surface area contributed by atoms with Crippen molar-refractivity contribution in [2.24, 2.45) is 4.99 Å². The van der Waals surface area contributed by atoms with Crippen LogP contribution in [0.5, 0.6) is 5.75 Å². The average Bonchev–Trinajstić information content (AvgIpc) is 2.98. The molecule has 0 spiro atoms. The Labute approximate surface area is 142 Å². The summed E-state index contributed by atoms with van der Waals surface area (Å²) in [4.78, 5) is 16.3. The van der Waals surface area contributed by atoms with Crippen molar-refractivity contribution < 1.29 is 15.0 Å². The molecule has 1 heterocycles. The zero-order valence-electron chi connectivity index (χ0n) is 13.0. The number of phenolic OH excluding ortho intramolecular Hbond substituents is 1. The lowest BCUT2D eigenvalue weighted by Crippen LogP contribution is -2.14. The highest BCUT2D eigenvalue weighted by atomic mass is 32.1. The number of thiazole rings is 1. The van der Waals surface area contributed by atoms with Crippen molar-refractivity contribution in [3.05, 3.63) is 64.3 Å². The third kappa shape index (κ3) is 3.09. The summed E-state index contributed by atoms with van der Waals surface area (Å²) in [7, 11) is 0. The second-order valence-electron chi connectivity index (χ2n) is 5.13. The molecule has 0 bridgehead atoms. The molecule has 0 fully saturated rings. The molecule has 0 atom stereocenters. The predicted octanol–water partition coefficient (Wildman–Crippen LogP) is 3.87. The SMILES string of the molecule is CCn1c(-c2ccccc2O)cs/c1=N\c1ccc(C(=O)O)cc1. The largest absolute Gasteiger partial charge is 0.507 e. The molecule has 2 aromatic carbocycles. The van der Waals surface area contributed by atoms with E-state index in [9.17, 15) is 9.90 Å². The monoisotopic (exact) mass is 340 g/mol. The van der Waals surface area contributed by atoms with Gasteiger partial charge in [-0.2, -0.15) is 0 Å². The minimum atomic E-state index is -0.955. The first-order chi connectivity index (χ1) is 11.6. The van der Waals surface area contributed by atoms with E-state index in [0.29, 0.717) is 12.2 Å². The summed E-state index contributed by atoms with van der Waals surface area (Å²) < 4.78 is 2.02. The molecule has 2 N–H and O–H groups in total. The van der Waals surface area contributed by atoms with E-state index < -0.39 is 5.97 Å². The number of carbonyl (C=O) groups is 1. The maximum Gasteiger partial charge on any atom is 0.335 e. The Morgan fingerprint density at radius 3 is 2.50 bits per heavy atom. The number of rotatable bonds is 4. The van der Waals surface area contributed by atoms with E-state index in [0.717, 1.165) is 16.1 Å². The number of benzene rings is 2. The highest BCUT2D eigenvalue weighted by molar-refractivity contribution is 7.07. The van der Waals surface area contributed by atoms with Crippen LogP contribution in [0, 0.1) is 0 Å². The number of phenols is 1. The van der Waals surface area contributed by atoms with E-state index in [2.05, 4.69) is 4.99 Å². The topological polar surface area (TPSA) is 74.8 Å². The third-order valence-electron chi connectivity index (χ3n) is 3.63. The van der Waals surface area contributed by atoms with E-state index in [1.807, 2.05) is 29.0 Å². The fraction of sp³-hybridized carbons (Fsp3) is 0.111. The van der Waals surface area contributed by atoms with Crippen molar-refractivity contribution in [2.45, 2.75) is 13.5 Å².